The Kier molecular flexibility index (Phi) is 6.37. The third kappa shape index (κ3) is 5.08. The summed E-state index contributed by atoms with van der Waals surface area (Å²) in [6.07, 6.45) is -3.87. The first-order valence-electron chi connectivity index (χ1n) is 10.6. The van der Waals surface area contributed by atoms with Crippen molar-refractivity contribution in [2.24, 2.45) is 0 Å². The molecule has 4 aromatic rings. The normalized spacial score (nSPS) is 13.1. The molecule has 0 aliphatic heterocycles. The van der Waals surface area contributed by atoms with E-state index in [2.05, 4.69) is 20.3 Å². The quantitative estimate of drug-likeness (QED) is 0.215. The molecular formula is C23H21F3N6O5. The van der Waals surface area contributed by atoms with E-state index in [9.17, 15) is 38.4 Å². The molecule has 0 saturated heterocycles. The number of nitrogens with one attached hydrogen (secondary N) is 1. The number of carbonyl (C=O) groups excluding carboxylic acids is 1. The number of hydrogen-bond acceptors (Lipinski definition) is 9. The van der Waals surface area contributed by atoms with E-state index in [1.807, 2.05) is 0 Å². The molecule has 0 fully saturated rings. The van der Waals surface area contributed by atoms with E-state index >= 15 is 0 Å². The molecule has 3 heterocycles. The van der Waals surface area contributed by atoms with E-state index in [0.717, 1.165) is 12.1 Å². The van der Waals surface area contributed by atoms with Gasteiger partial charge < -0.3 is 31.5 Å². The lowest BCUT2D eigenvalue weighted by atomic mass is 10.0. The summed E-state index contributed by atoms with van der Waals surface area (Å²) in [5.74, 6) is -4.89. The number of hydrogen-bond donors (Lipinski definition) is 6. The van der Waals surface area contributed by atoms with Crippen molar-refractivity contribution in [3.8, 4) is 11.3 Å². The van der Waals surface area contributed by atoms with E-state index in [1.165, 1.54) is 28.9 Å². The Labute approximate surface area is 206 Å². The highest BCUT2D eigenvalue weighted by molar-refractivity contribution is 5.94. The predicted octanol–water partition coefficient (Wildman–Crippen LogP) is 1.77. The van der Waals surface area contributed by atoms with Crippen LogP contribution in [0, 0.1) is 13.8 Å². The first-order valence-corrected chi connectivity index (χ1v) is 10.6. The van der Waals surface area contributed by atoms with Crippen molar-refractivity contribution in [1.29, 1.82) is 0 Å². The smallest absolute Gasteiger partial charge is 0.382 e. The Morgan fingerprint density at radius 2 is 1.84 bits per heavy atom. The first-order chi connectivity index (χ1) is 17.2. The molecule has 1 unspecified atom stereocenters. The largest absolute Gasteiger partial charge is 0.416 e. The molecule has 3 aromatic heterocycles. The molecule has 194 valence electrons. The number of amides is 1. The van der Waals surface area contributed by atoms with Gasteiger partial charge in [0.2, 0.25) is 5.82 Å². The number of anilines is 2. The monoisotopic (exact) mass is 518 g/mol. The molecule has 1 atom stereocenters. The number of nitrogens with zero attached hydrogens (tertiary/aromatic N) is 4. The minimum absolute atomic E-state index is 0.0148. The standard InChI is InChI=1S/C23H21F3N6O5/c1-10-6-15(30-20(34)18(33)12-4-3-5-13(7-12)22(24,25)26)28-8-14(10)16-17-19(27)29-11(2)9-32(17)21(31-16)23(35,36)37/h3-9,18,33,35-37H,1-2H3,(H2,27,29)(H,28,30,34). The van der Waals surface area contributed by atoms with E-state index in [1.54, 1.807) is 13.8 Å². The highest BCUT2D eigenvalue weighted by atomic mass is 19.4. The van der Waals surface area contributed by atoms with E-state index in [-0.39, 0.29) is 28.4 Å². The maximum atomic E-state index is 13.0. The predicted molar refractivity (Wildman–Crippen MR) is 123 cm³/mol. The molecule has 0 radical (unpaired) electrons. The van der Waals surface area contributed by atoms with Gasteiger partial charge in [0.1, 0.15) is 22.8 Å². The lowest BCUT2D eigenvalue weighted by molar-refractivity contribution is -0.329. The highest BCUT2D eigenvalue weighted by Crippen LogP contribution is 2.34. The third-order valence-corrected chi connectivity index (χ3v) is 5.46. The second-order valence-corrected chi connectivity index (χ2v) is 8.31. The zero-order valence-electron chi connectivity index (χ0n) is 19.3. The Balaban J connectivity index is 1.66. The molecule has 37 heavy (non-hydrogen) atoms. The number of benzene rings is 1. The van der Waals surface area contributed by atoms with Crippen LogP contribution in [-0.2, 0) is 16.9 Å². The molecule has 0 bridgehead atoms. The maximum absolute atomic E-state index is 13.0. The van der Waals surface area contributed by atoms with Crippen molar-refractivity contribution < 1.29 is 38.4 Å². The molecule has 0 aliphatic rings. The lowest BCUT2D eigenvalue weighted by Gasteiger charge is -2.14. The number of aryl methyl sites for hydroxylation is 2. The van der Waals surface area contributed by atoms with E-state index in [4.69, 9.17) is 5.73 Å². The molecule has 1 aromatic carbocycles. The van der Waals surface area contributed by atoms with Gasteiger partial charge in [0, 0.05) is 18.0 Å². The molecular weight excluding hydrogens is 497 g/mol. The number of nitrogens with two attached hydrogens (primary N) is 1. The number of alkyl halides is 3. The van der Waals surface area contributed by atoms with E-state index < -0.39 is 35.5 Å². The number of fused-ring (bicyclic) bond motifs is 1. The number of pyridine rings is 1. The molecule has 1 amide bonds. The van der Waals surface area contributed by atoms with Crippen molar-refractivity contribution in [1.82, 2.24) is 19.4 Å². The Bertz CT molecular complexity index is 1510. The van der Waals surface area contributed by atoms with Gasteiger partial charge in [-0.05, 0) is 43.2 Å². The minimum atomic E-state index is -4.64. The van der Waals surface area contributed by atoms with Crippen LogP contribution in [-0.4, -0.2) is 45.7 Å². The Morgan fingerprint density at radius 3 is 2.46 bits per heavy atom. The van der Waals surface area contributed by atoms with Gasteiger partial charge in [0.05, 0.1) is 11.3 Å². The number of imidazole rings is 1. The SMILES string of the molecule is Cc1cn2c(C(O)(O)O)nc(-c3cnc(NC(=O)C(O)c4cccc(C(F)(F)F)c4)cc3C)c2c(N)n1. The molecule has 11 nitrogen and oxygen atoms in total. The third-order valence-electron chi connectivity index (χ3n) is 5.46. The second kappa shape index (κ2) is 9.08. The van der Waals surface area contributed by atoms with Crippen LogP contribution < -0.4 is 11.1 Å². The van der Waals surface area contributed by atoms with Crippen molar-refractivity contribution in [2.75, 3.05) is 11.1 Å². The Morgan fingerprint density at radius 1 is 1.14 bits per heavy atom. The van der Waals surface area contributed by atoms with Crippen LogP contribution in [0.4, 0.5) is 24.8 Å². The van der Waals surface area contributed by atoms with Gasteiger partial charge in [0.25, 0.3) is 5.91 Å². The molecule has 4 rings (SSSR count). The van der Waals surface area contributed by atoms with Crippen LogP contribution in [0.2, 0.25) is 0 Å². The van der Waals surface area contributed by atoms with Crippen LogP contribution in [0.1, 0.15) is 34.3 Å². The molecule has 7 N–H and O–H groups in total. The fourth-order valence-electron chi connectivity index (χ4n) is 3.79. The highest BCUT2D eigenvalue weighted by Gasteiger charge is 2.33. The van der Waals surface area contributed by atoms with Crippen LogP contribution >= 0.6 is 0 Å². The van der Waals surface area contributed by atoms with Crippen molar-refractivity contribution in [3.05, 3.63) is 70.9 Å². The number of rotatable bonds is 5. The number of nitrogen functional groups attached to an aromatic ring is 1. The summed E-state index contributed by atoms with van der Waals surface area (Å²) in [5.41, 5.74) is 6.24. The number of aliphatic hydroxyl groups is 4. The summed E-state index contributed by atoms with van der Waals surface area (Å²) in [6, 6.07) is 5.17. The number of halogens is 3. The van der Waals surface area contributed by atoms with Gasteiger partial charge in [-0.3, -0.25) is 9.20 Å². The lowest BCUT2D eigenvalue weighted by Crippen LogP contribution is -2.27. The first kappa shape index (κ1) is 26.0. The van der Waals surface area contributed by atoms with Crippen LogP contribution in [0.5, 0.6) is 0 Å². The topological polar surface area (TPSA) is 179 Å². The van der Waals surface area contributed by atoms with Gasteiger partial charge in [-0.2, -0.15) is 13.2 Å². The number of aromatic nitrogens is 4. The van der Waals surface area contributed by atoms with E-state index in [0.29, 0.717) is 22.9 Å². The number of aliphatic hydroxyl groups excluding tert-OH is 1. The van der Waals surface area contributed by atoms with Gasteiger partial charge >= 0.3 is 12.1 Å². The summed E-state index contributed by atoms with van der Waals surface area (Å²) >= 11 is 0. The average Bonchev–Trinajstić information content (AvgIpc) is 3.18. The summed E-state index contributed by atoms with van der Waals surface area (Å²) in [6.45, 7) is 3.22. The maximum Gasteiger partial charge on any atom is 0.416 e. The second-order valence-electron chi connectivity index (χ2n) is 8.31. The molecule has 14 heteroatoms. The number of carbonyl (C=O) groups is 1. The fourth-order valence-corrected chi connectivity index (χ4v) is 3.79. The van der Waals surface area contributed by atoms with Gasteiger partial charge in [-0.15, -0.1) is 0 Å². The van der Waals surface area contributed by atoms with Crippen LogP contribution in [0.3, 0.4) is 0 Å². The van der Waals surface area contributed by atoms with Crippen LogP contribution in [0.25, 0.3) is 16.8 Å². The van der Waals surface area contributed by atoms with Gasteiger partial charge in [-0.25, -0.2) is 15.0 Å². The summed E-state index contributed by atoms with van der Waals surface area (Å²) < 4.78 is 40.0. The summed E-state index contributed by atoms with van der Waals surface area (Å²) in [4.78, 5) is 24.8. The average molecular weight is 518 g/mol. The molecule has 0 saturated carbocycles. The zero-order chi connectivity index (χ0) is 27.3. The van der Waals surface area contributed by atoms with Gasteiger partial charge in [0.15, 0.2) is 6.10 Å². The Hall–Kier alpha value is -4.11. The summed E-state index contributed by atoms with van der Waals surface area (Å²) in [5, 5.41) is 41.9. The van der Waals surface area contributed by atoms with Crippen molar-refractivity contribution in [2.45, 2.75) is 32.1 Å². The van der Waals surface area contributed by atoms with Crippen molar-refractivity contribution in [3.63, 3.8) is 0 Å². The van der Waals surface area contributed by atoms with Crippen molar-refractivity contribution >= 4 is 23.1 Å². The molecule has 0 aliphatic carbocycles. The zero-order valence-corrected chi connectivity index (χ0v) is 19.3. The minimum Gasteiger partial charge on any atom is -0.382 e. The fraction of sp³-hybridized carbons (Fsp3) is 0.217. The summed E-state index contributed by atoms with van der Waals surface area (Å²) in [7, 11) is 0. The van der Waals surface area contributed by atoms with Crippen LogP contribution in [0.15, 0.2) is 42.7 Å². The molecule has 0 spiro atoms. The van der Waals surface area contributed by atoms with Gasteiger partial charge in [-0.1, -0.05) is 12.1 Å².